The van der Waals surface area contributed by atoms with Gasteiger partial charge in [-0.3, -0.25) is 4.90 Å². The maximum Gasteiger partial charge on any atom is 0.0218 e. The molecular weight excluding hydrogens is 222 g/mol. The summed E-state index contributed by atoms with van der Waals surface area (Å²) in [5, 5.41) is 3.70. The van der Waals surface area contributed by atoms with E-state index in [0.717, 1.165) is 12.6 Å². The third-order valence-electron chi connectivity index (χ3n) is 4.59. The highest BCUT2D eigenvalue weighted by atomic mass is 15.3. The van der Waals surface area contributed by atoms with Crippen molar-refractivity contribution >= 4 is 0 Å². The van der Waals surface area contributed by atoms with E-state index < -0.39 is 0 Å². The lowest BCUT2D eigenvalue weighted by molar-refractivity contribution is 0.0665. The van der Waals surface area contributed by atoms with Gasteiger partial charge in [-0.25, -0.2) is 0 Å². The van der Waals surface area contributed by atoms with Gasteiger partial charge in [0.15, 0.2) is 0 Å². The van der Waals surface area contributed by atoms with E-state index >= 15 is 0 Å². The van der Waals surface area contributed by atoms with Crippen molar-refractivity contribution in [1.29, 1.82) is 0 Å². The number of hydrogen-bond acceptors (Lipinski definition) is 3. The van der Waals surface area contributed by atoms with Crippen molar-refractivity contribution < 1.29 is 0 Å². The van der Waals surface area contributed by atoms with Crippen molar-refractivity contribution in [1.82, 2.24) is 15.1 Å². The van der Waals surface area contributed by atoms with E-state index in [1.54, 1.807) is 0 Å². The molecule has 2 atom stereocenters. The van der Waals surface area contributed by atoms with E-state index in [0.29, 0.717) is 12.1 Å². The average molecular weight is 255 g/mol. The molecule has 0 bridgehead atoms. The van der Waals surface area contributed by atoms with E-state index in [1.165, 1.54) is 38.9 Å². The van der Waals surface area contributed by atoms with Gasteiger partial charge in [0, 0.05) is 44.3 Å². The fourth-order valence-electron chi connectivity index (χ4n) is 2.85. The molecule has 1 N–H and O–H groups in total. The summed E-state index contributed by atoms with van der Waals surface area (Å²) in [6.07, 6.45) is 3.74. The van der Waals surface area contributed by atoms with Gasteiger partial charge in [0.25, 0.3) is 0 Å². The van der Waals surface area contributed by atoms with Crippen molar-refractivity contribution in [3.8, 4) is 0 Å². The maximum atomic E-state index is 3.70. The molecule has 2 unspecified atom stereocenters. The van der Waals surface area contributed by atoms with Crippen LogP contribution in [0.1, 0.15) is 47.0 Å². The molecule has 0 aliphatic carbocycles. The molecule has 3 nitrogen and oxygen atoms in total. The minimum Gasteiger partial charge on any atom is -0.312 e. The number of likely N-dealkylation sites (N-methyl/N-ethyl adjacent to an activating group) is 1. The summed E-state index contributed by atoms with van der Waals surface area (Å²) in [6, 6.07) is 2.10. The summed E-state index contributed by atoms with van der Waals surface area (Å²) in [7, 11) is 2.26. The van der Waals surface area contributed by atoms with Gasteiger partial charge >= 0.3 is 0 Å². The zero-order chi connectivity index (χ0) is 13.5. The van der Waals surface area contributed by atoms with Crippen LogP contribution in [-0.4, -0.2) is 61.2 Å². The fraction of sp³-hybridized carbons (Fsp3) is 1.00. The zero-order valence-electron chi connectivity index (χ0n) is 13.1. The van der Waals surface area contributed by atoms with E-state index in [1.807, 2.05) is 0 Å². The summed E-state index contributed by atoms with van der Waals surface area (Å²) in [6.45, 7) is 14.0. The smallest absolute Gasteiger partial charge is 0.0218 e. The van der Waals surface area contributed by atoms with Crippen molar-refractivity contribution in [2.45, 2.75) is 65.1 Å². The van der Waals surface area contributed by atoms with Crippen LogP contribution in [0, 0.1) is 0 Å². The summed E-state index contributed by atoms with van der Waals surface area (Å²) in [5.74, 6) is 0. The lowest BCUT2D eigenvalue weighted by Crippen LogP contribution is -2.55. The van der Waals surface area contributed by atoms with Crippen molar-refractivity contribution in [2.75, 3.05) is 33.2 Å². The van der Waals surface area contributed by atoms with E-state index in [4.69, 9.17) is 0 Å². The molecule has 0 amide bonds. The van der Waals surface area contributed by atoms with E-state index in [9.17, 15) is 0 Å². The molecule has 108 valence electrons. The van der Waals surface area contributed by atoms with Crippen molar-refractivity contribution in [3.63, 3.8) is 0 Å². The summed E-state index contributed by atoms with van der Waals surface area (Å²) in [4.78, 5) is 5.17. The number of piperazine rings is 1. The summed E-state index contributed by atoms with van der Waals surface area (Å²) >= 11 is 0. The van der Waals surface area contributed by atoms with E-state index in [-0.39, 0.29) is 0 Å². The Labute approximate surface area is 114 Å². The maximum absolute atomic E-state index is 3.70. The highest BCUT2D eigenvalue weighted by Gasteiger charge is 2.25. The Balaban J connectivity index is 2.35. The second-order valence-corrected chi connectivity index (χ2v) is 5.81. The number of nitrogens with one attached hydrogen (secondary N) is 1. The van der Waals surface area contributed by atoms with Gasteiger partial charge in [-0.15, -0.1) is 0 Å². The molecule has 0 aromatic carbocycles. The molecule has 0 aromatic heterocycles. The van der Waals surface area contributed by atoms with Crippen molar-refractivity contribution in [3.05, 3.63) is 0 Å². The number of rotatable bonds is 7. The standard InChI is InChI=1S/C15H33N3/c1-6-14(7-2)16-11-13(4)18-10-9-17(5)15(8-3)12-18/h13-16H,6-12H2,1-5H3. The third-order valence-corrected chi connectivity index (χ3v) is 4.59. The Morgan fingerprint density at radius 2 is 1.83 bits per heavy atom. The van der Waals surface area contributed by atoms with Crippen LogP contribution in [-0.2, 0) is 0 Å². The average Bonchev–Trinajstić information content (AvgIpc) is 2.40. The Bertz CT molecular complexity index is 216. The third kappa shape index (κ3) is 4.52. The first-order valence-electron chi connectivity index (χ1n) is 7.79. The van der Waals surface area contributed by atoms with Gasteiger partial charge in [0.05, 0.1) is 0 Å². The van der Waals surface area contributed by atoms with Gasteiger partial charge in [-0.05, 0) is 33.2 Å². The monoisotopic (exact) mass is 255 g/mol. The Morgan fingerprint density at radius 1 is 1.17 bits per heavy atom. The van der Waals surface area contributed by atoms with Gasteiger partial charge < -0.3 is 10.2 Å². The fourth-order valence-corrected chi connectivity index (χ4v) is 2.85. The second-order valence-electron chi connectivity index (χ2n) is 5.81. The van der Waals surface area contributed by atoms with Crippen LogP contribution >= 0.6 is 0 Å². The Hall–Kier alpha value is -0.120. The molecule has 0 radical (unpaired) electrons. The lowest BCUT2D eigenvalue weighted by Gasteiger charge is -2.42. The molecule has 1 heterocycles. The van der Waals surface area contributed by atoms with Gasteiger partial charge in [0.1, 0.15) is 0 Å². The van der Waals surface area contributed by atoms with Crippen LogP contribution < -0.4 is 5.32 Å². The molecule has 0 saturated carbocycles. The van der Waals surface area contributed by atoms with Crippen LogP contribution in [0.15, 0.2) is 0 Å². The van der Waals surface area contributed by atoms with Crippen LogP contribution in [0.2, 0.25) is 0 Å². The summed E-state index contributed by atoms with van der Waals surface area (Å²) < 4.78 is 0. The molecule has 0 aromatic rings. The molecule has 1 aliphatic heterocycles. The lowest BCUT2D eigenvalue weighted by atomic mass is 10.1. The summed E-state index contributed by atoms with van der Waals surface area (Å²) in [5.41, 5.74) is 0. The minimum absolute atomic E-state index is 0.661. The number of hydrogen-bond donors (Lipinski definition) is 1. The van der Waals surface area contributed by atoms with Crippen LogP contribution in [0.4, 0.5) is 0 Å². The van der Waals surface area contributed by atoms with Gasteiger partial charge in [-0.1, -0.05) is 20.8 Å². The first-order valence-corrected chi connectivity index (χ1v) is 7.79. The largest absolute Gasteiger partial charge is 0.312 e. The normalized spacial score (nSPS) is 24.7. The second kappa shape index (κ2) is 8.13. The topological polar surface area (TPSA) is 18.5 Å². The quantitative estimate of drug-likeness (QED) is 0.752. The van der Waals surface area contributed by atoms with Crippen LogP contribution in [0.25, 0.3) is 0 Å². The highest BCUT2D eigenvalue weighted by molar-refractivity contribution is 4.83. The van der Waals surface area contributed by atoms with Crippen LogP contribution in [0.3, 0.4) is 0 Å². The molecule has 1 saturated heterocycles. The molecule has 0 spiro atoms. The Kier molecular flexibility index (Phi) is 7.20. The molecule has 1 fully saturated rings. The SMILES string of the molecule is CCC(CC)NCC(C)N1CCN(C)C(CC)C1. The predicted molar refractivity (Wildman–Crippen MR) is 80.1 cm³/mol. The minimum atomic E-state index is 0.661. The number of nitrogens with zero attached hydrogens (tertiary/aromatic N) is 2. The molecule has 1 aliphatic rings. The van der Waals surface area contributed by atoms with E-state index in [2.05, 4.69) is 49.9 Å². The first-order chi connectivity index (χ1) is 8.62. The molecule has 1 rings (SSSR count). The highest BCUT2D eigenvalue weighted by Crippen LogP contribution is 2.13. The predicted octanol–water partition coefficient (Wildman–Crippen LogP) is 2.18. The van der Waals surface area contributed by atoms with Gasteiger partial charge in [-0.2, -0.15) is 0 Å². The molecule has 18 heavy (non-hydrogen) atoms. The zero-order valence-corrected chi connectivity index (χ0v) is 13.1. The first kappa shape index (κ1) is 15.9. The molecule has 3 heteroatoms. The van der Waals surface area contributed by atoms with Crippen molar-refractivity contribution in [2.24, 2.45) is 0 Å². The van der Waals surface area contributed by atoms with Gasteiger partial charge in [0.2, 0.25) is 0 Å². The Morgan fingerprint density at radius 3 is 2.39 bits per heavy atom. The van der Waals surface area contributed by atoms with Crippen LogP contribution in [0.5, 0.6) is 0 Å². The molecular formula is C15H33N3.